The van der Waals surface area contributed by atoms with Crippen LogP contribution >= 0.6 is 11.8 Å². The Balaban J connectivity index is 1.40. The van der Waals surface area contributed by atoms with Crippen molar-refractivity contribution in [2.75, 3.05) is 14.2 Å². The largest absolute Gasteiger partial charge is 0.493 e. The highest BCUT2D eigenvalue weighted by Crippen LogP contribution is 2.34. The third-order valence-corrected chi connectivity index (χ3v) is 6.89. The molecule has 0 N–H and O–H groups in total. The van der Waals surface area contributed by atoms with E-state index in [1.807, 2.05) is 35.8 Å². The van der Waals surface area contributed by atoms with Crippen molar-refractivity contribution in [1.29, 1.82) is 0 Å². The molecule has 3 aromatic heterocycles. The standard InChI is InChI=1S/C27H26N4O3S/c1-16-6-8-20(17(2)12-16)21-14-23-27(28-10-11-31(23)30-21)35-15-22-18(3)34-26(29-22)19-7-9-24(32-4)25(13-19)33-5/h6-14H,15H2,1-5H3. The zero-order valence-corrected chi connectivity index (χ0v) is 21.1. The number of rotatable bonds is 7. The molecule has 8 heteroatoms. The third kappa shape index (κ3) is 4.49. The second-order valence-corrected chi connectivity index (χ2v) is 9.25. The molecule has 0 saturated heterocycles. The highest BCUT2D eigenvalue weighted by Gasteiger charge is 2.16. The fourth-order valence-electron chi connectivity index (χ4n) is 4.03. The molecule has 2 aromatic carbocycles. The normalized spacial score (nSPS) is 11.2. The molecule has 178 valence electrons. The van der Waals surface area contributed by atoms with Crippen molar-refractivity contribution in [2.45, 2.75) is 31.6 Å². The molecule has 0 aliphatic heterocycles. The highest BCUT2D eigenvalue weighted by atomic mass is 32.2. The number of aromatic nitrogens is 4. The molecule has 0 saturated carbocycles. The second kappa shape index (κ2) is 9.46. The quantitative estimate of drug-likeness (QED) is 0.250. The smallest absolute Gasteiger partial charge is 0.226 e. The number of fused-ring (bicyclic) bond motifs is 1. The topological polar surface area (TPSA) is 74.7 Å². The van der Waals surface area contributed by atoms with E-state index in [2.05, 4.69) is 43.1 Å². The lowest BCUT2D eigenvalue weighted by molar-refractivity contribution is 0.355. The maximum Gasteiger partial charge on any atom is 0.226 e. The van der Waals surface area contributed by atoms with Gasteiger partial charge in [-0.05, 0) is 50.6 Å². The van der Waals surface area contributed by atoms with Gasteiger partial charge in [-0.3, -0.25) is 0 Å². The summed E-state index contributed by atoms with van der Waals surface area (Å²) in [7, 11) is 3.22. The van der Waals surface area contributed by atoms with Gasteiger partial charge in [-0.25, -0.2) is 14.5 Å². The second-order valence-electron chi connectivity index (χ2n) is 8.29. The zero-order valence-electron chi connectivity index (χ0n) is 20.3. The molecule has 0 aliphatic carbocycles. The Morgan fingerprint density at radius 1 is 0.971 bits per heavy atom. The summed E-state index contributed by atoms with van der Waals surface area (Å²) in [5.41, 5.74) is 7.18. The van der Waals surface area contributed by atoms with Gasteiger partial charge in [0, 0.05) is 29.3 Å². The maximum atomic E-state index is 5.98. The van der Waals surface area contributed by atoms with Crippen LogP contribution in [0.25, 0.3) is 28.2 Å². The number of benzene rings is 2. The predicted octanol–water partition coefficient (Wildman–Crippen LogP) is 6.29. The first-order valence-corrected chi connectivity index (χ1v) is 12.2. The minimum absolute atomic E-state index is 0.548. The number of hydrogen-bond acceptors (Lipinski definition) is 7. The van der Waals surface area contributed by atoms with E-state index in [0.717, 1.165) is 38.8 Å². The van der Waals surface area contributed by atoms with Crippen molar-refractivity contribution in [2.24, 2.45) is 0 Å². The number of aryl methyl sites for hydroxylation is 3. The Bertz CT molecular complexity index is 1520. The van der Waals surface area contributed by atoms with Crippen LogP contribution in [0, 0.1) is 20.8 Å². The van der Waals surface area contributed by atoms with E-state index in [1.165, 1.54) is 11.1 Å². The van der Waals surface area contributed by atoms with Crippen molar-refractivity contribution in [3.05, 3.63) is 77.4 Å². The summed E-state index contributed by atoms with van der Waals surface area (Å²) in [5, 5.41) is 5.68. The van der Waals surface area contributed by atoms with Gasteiger partial charge in [0.2, 0.25) is 5.89 Å². The molecular formula is C27H26N4O3S. The number of thioether (sulfide) groups is 1. The first-order valence-electron chi connectivity index (χ1n) is 11.2. The summed E-state index contributed by atoms with van der Waals surface area (Å²) in [4.78, 5) is 9.36. The van der Waals surface area contributed by atoms with Gasteiger partial charge in [0.1, 0.15) is 10.8 Å². The number of oxazole rings is 1. The Morgan fingerprint density at radius 2 is 1.80 bits per heavy atom. The zero-order chi connectivity index (χ0) is 24.5. The first-order chi connectivity index (χ1) is 17.0. The van der Waals surface area contributed by atoms with Crippen LogP contribution in [0.15, 0.2) is 64.3 Å². The first kappa shape index (κ1) is 23.0. The van der Waals surface area contributed by atoms with Gasteiger partial charge in [-0.1, -0.05) is 35.5 Å². The summed E-state index contributed by atoms with van der Waals surface area (Å²) in [6.45, 7) is 6.14. The molecule has 0 bridgehead atoms. The molecule has 0 atom stereocenters. The molecule has 5 rings (SSSR count). The fourth-order valence-corrected chi connectivity index (χ4v) is 5.01. The average molecular weight is 487 g/mol. The highest BCUT2D eigenvalue weighted by molar-refractivity contribution is 7.98. The molecule has 0 aliphatic rings. The Kier molecular flexibility index (Phi) is 6.21. The maximum absolute atomic E-state index is 5.98. The number of methoxy groups -OCH3 is 2. The number of ether oxygens (including phenoxy) is 2. The molecule has 0 radical (unpaired) electrons. The Labute approximate surface area is 208 Å². The van der Waals surface area contributed by atoms with Crippen LogP contribution in [0.2, 0.25) is 0 Å². The molecule has 35 heavy (non-hydrogen) atoms. The van der Waals surface area contributed by atoms with E-state index < -0.39 is 0 Å². The number of hydrogen-bond donors (Lipinski definition) is 0. The van der Waals surface area contributed by atoms with Crippen LogP contribution in [-0.4, -0.2) is 33.8 Å². The molecule has 0 fully saturated rings. The molecule has 7 nitrogen and oxygen atoms in total. The lowest BCUT2D eigenvalue weighted by atomic mass is 10.0. The predicted molar refractivity (Wildman–Crippen MR) is 137 cm³/mol. The summed E-state index contributed by atoms with van der Waals surface area (Å²) < 4.78 is 18.6. The van der Waals surface area contributed by atoms with Gasteiger partial charge in [0.05, 0.1) is 31.1 Å². The summed E-state index contributed by atoms with van der Waals surface area (Å²) in [5.74, 6) is 3.24. The van der Waals surface area contributed by atoms with Gasteiger partial charge < -0.3 is 13.9 Å². The Morgan fingerprint density at radius 3 is 2.57 bits per heavy atom. The molecule has 0 spiro atoms. The van der Waals surface area contributed by atoms with Gasteiger partial charge in [-0.2, -0.15) is 5.10 Å². The minimum atomic E-state index is 0.548. The van der Waals surface area contributed by atoms with Crippen molar-refractivity contribution in [3.8, 4) is 34.2 Å². The monoisotopic (exact) mass is 486 g/mol. The lowest BCUT2D eigenvalue weighted by Gasteiger charge is -2.07. The van der Waals surface area contributed by atoms with Crippen LogP contribution in [0.4, 0.5) is 0 Å². The molecule has 3 heterocycles. The number of nitrogens with zero attached hydrogens (tertiary/aromatic N) is 4. The fraction of sp³-hybridized carbons (Fsp3) is 0.222. The third-order valence-electron chi connectivity index (χ3n) is 5.88. The van der Waals surface area contributed by atoms with Crippen molar-refractivity contribution in [1.82, 2.24) is 19.6 Å². The van der Waals surface area contributed by atoms with E-state index in [4.69, 9.17) is 24.0 Å². The molecular weight excluding hydrogens is 460 g/mol. The molecule has 5 aromatic rings. The van der Waals surface area contributed by atoms with Crippen LogP contribution in [0.1, 0.15) is 22.6 Å². The van der Waals surface area contributed by atoms with Crippen LogP contribution in [0.3, 0.4) is 0 Å². The van der Waals surface area contributed by atoms with Crippen LogP contribution in [0.5, 0.6) is 11.5 Å². The van der Waals surface area contributed by atoms with Gasteiger partial charge >= 0.3 is 0 Å². The van der Waals surface area contributed by atoms with Crippen molar-refractivity contribution >= 4 is 17.3 Å². The summed E-state index contributed by atoms with van der Waals surface area (Å²) in [6.07, 6.45) is 3.65. The summed E-state index contributed by atoms with van der Waals surface area (Å²) >= 11 is 1.62. The van der Waals surface area contributed by atoms with E-state index in [9.17, 15) is 0 Å². The lowest BCUT2D eigenvalue weighted by Crippen LogP contribution is -1.92. The van der Waals surface area contributed by atoms with E-state index >= 15 is 0 Å². The molecule has 0 unspecified atom stereocenters. The van der Waals surface area contributed by atoms with Crippen LogP contribution < -0.4 is 9.47 Å². The Hall–Kier alpha value is -3.78. The van der Waals surface area contributed by atoms with E-state index in [-0.39, 0.29) is 0 Å². The minimum Gasteiger partial charge on any atom is -0.493 e. The van der Waals surface area contributed by atoms with E-state index in [1.54, 1.807) is 32.2 Å². The average Bonchev–Trinajstić information content (AvgIpc) is 3.46. The summed E-state index contributed by atoms with van der Waals surface area (Å²) in [6, 6.07) is 14.1. The van der Waals surface area contributed by atoms with Crippen molar-refractivity contribution < 1.29 is 13.9 Å². The van der Waals surface area contributed by atoms with Gasteiger partial charge in [-0.15, -0.1) is 0 Å². The molecule has 0 amide bonds. The van der Waals surface area contributed by atoms with E-state index in [0.29, 0.717) is 23.1 Å². The SMILES string of the molecule is COc1ccc(-c2nc(CSc3nccn4nc(-c5ccc(C)cc5C)cc34)c(C)o2)cc1OC. The van der Waals surface area contributed by atoms with Crippen LogP contribution in [-0.2, 0) is 5.75 Å². The van der Waals surface area contributed by atoms with Crippen molar-refractivity contribution in [3.63, 3.8) is 0 Å². The van der Waals surface area contributed by atoms with Gasteiger partial charge in [0.25, 0.3) is 0 Å². The van der Waals surface area contributed by atoms with Gasteiger partial charge in [0.15, 0.2) is 11.5 Å².